The molecule has 0 unspecified atom stereocenters. The number of amides is 3. The number of primary amides is 1. The molecule has 0 radical (unpaired) electrons. The van der Waals surface area contributed by atoms with Crippen molar-refractivity contribution >= 4 is 17.6 Å². The van der Waals surface area contributed by atoms with E-state index in [4.69, 9.17) is 24.7 Å². The lowest BCUT2D eigenvalue weighted by atomic mass is 9.86. The predicted octanol–water partition coefficient (Wildman–Crippen LogP) is 5.47. The number of piperidine rings is 1. The van der Waals surface area contributed by atoms with Gasteiger partial charge in [-0.25, -0.2) is 4.79 Å². The number of benzene rings is 3. The van der Waals surface area contributed by atoms with E-state index < -0.39 is 11.9 Å². The summed E-state index contributed by atoms with van der Waals surface area (Å²) < 4.78 is 22.8. The first-order valence-corrected chi connectivity index (χ1v) is 17.1. The minimum Gasteiger partial charge on any atom is -0.493 e. The molecule has 3 aromatic rings. The minimum atomic E-state index is -0.580. The first-order valence-electron chi connectivity index (χ1n) is 17.1. The van der Waals surface area contributed by atoms with Crippen LogP contribution in [0.5, 0.6) is 17.2 Å². The van der Waals surface area contributed by atoms with Gasteiger partial charge >= 0.3 is 6.03 Å². The number of carbonyl (C=O) groups is 2. The highest BCUT2D eigenvalue weighted by Crippen LogP contribution is 2.35. The quantitative estimate of drug-likeness (QED) is 0.245. The molecule has 5 rings (SSSR count). The number of hydrogen-bond acceptors (Lipinski definition) is 7. The number of urea groups is 1. The Labute approximate surface area is 284 Å². The molecule has 2 aliphatic heterocycles. The van der Waals surface area contributed by atoms with Gasteiger partial charge in [0, 0.05) is 44.3 Å². The molecule has 10 nitrogen and oxygen atoms in total. The van der Waals surface area contributed by atoms with Gasteiger partial charge in [-0.3, -0.25) is 14.6 Å². The number of likely N-dealkylation sites (tertiary alicyclic amines) is 1. The first-order chi connectivity index (χ1) is 23.4. The Balaban J connectivity index is 1.41. The minimum absolute atomic E-state index is 0.0167. The van der Waals surface area contributed by atoms with E-state index in [1.807, 2.05) is 37.3 Å². The lowest BCUT2D eigenvalue weighted by molar-refractivity contribution is -0.123. The van der Waals surface area contributed by atoms with Crippen molar-refractivity contribution in [3.8, 4) is 17.2 Å². The fraction of sp³-hybridized carbons (Fsp3) is 0.474. The molecule has 2 fully saturated rings. The van der Waals surface area contributed by atoms with Gasteiger partial charge in [-0.15, -0.1) is 0 Å². The molecule has 3 amide bonds. The number of aryl methyl sites for hydroxylation is 1. The van der Waals surface area contributed by atoms with Crippen LogP contribution < -0.4 is 24.8 Å². The van der Waals surface area contributed by atoms with Crippen LogP contribution >= 0.6 is 0 Å². The monoisotopic (exact) mass is 658 g/mol. The van der Waals surface area contributed by atoms with E-state index in [2.05, 4.69) is 41.3 Å². The van der Waals surface area contributed by atoms with Gasteiger partial charge in [-0.2, -0.15) is 0 Å². The van der Waals surface area contributed by atoms with Gasteiger partial charge in [0.15, 0.2) is 11.5 Å². The Morgan fingerprint density at radius 1 is 0.938 bits per heavy atom. The highest BCUT2D eigenvalue weighted by atomic mass is 16.5. The highest BCUT2D eigenvalue weighted by Gasteiger charge is 2.33. The van der Waals surface area contributed by atoms with Crippen LogP contribution in [0.4, 0.5) is 10.5 Å². The SMILES string of the molecule is CCN(C(=O)N1CCCC[C@H]1C(N)=O)c1cccc([C@@H](CCc2ccc(OC)c(OC)c2)c2cccc(OCCN3CCOCC3)c2)c1. The molecule has 2 atom stereocenters. The summed E-state index contributed by atoms with van der Waals surface area (Å²) in [6.45, 7) is 7.79. The van der Waals surface area contributed by atoms with Crippen LogP contribution in [0.2, 0.25) is 0 Å². The third-order valence-corrected chi connectivity index (χ3v) is 9.42. The second-order valence-electron chi connectivity index (χ2n) is 12.4. The molecule has 2 N–H and O–H groups in total. The molecule has 10 heteroatoms. The van der Waals surface area contributed by atoms with Crippen molar-refractivity contribution in [1.82, 2.24) is 9.80 Å². The number of hydrogen-bond donors (Lipinski definition) is 1. The van der Waals surface area contributed by atoms with Crippen molar-refractivity contribution in [2.24, 2.45) is 5.73 Å². The topological polar surface area (TPSA) is 107 Å². The van der Waals surface area contributed by atoms with Crippen LogP contribution in [0.1, 0.15) is 55.2 Å². The van der Waals surface area contributed by atoms with E-state index in [1.165, 1.54) is 0 Å². The van der Waals surface area contributed by atoms with Crippen LogP contribution in [0.3, 0.4) is 0 Å². The number of anilines is 1. The van der Waals surface area contributed by atoms with Crippen molar-refractivity contribution in [3.05, 3.63) is 83.4 Å². The molecule has 2 aliphatic rings. The normalized spacial score (nSPS) is 17.4. The molecule has 48 heavy (non-hydrogen) atoms. The van der Waals surface area contributed by atoms with E-state index in [0.717, 1.165) is 86.7 Å². The molecule has 0 bridgehead atoms. The largest absolute Gasteiger partial charge is 0.493 e. The molecule has 0 aliphatic carbocycles. The molecular weight excluding hydrogens is 608 g/mol. The van der Waals surface area contributed by atoms with E-state index in [9.17, 15) is 9.59 Å². The average Bonchev–Trinajstić information content (AvgIpc) is 3.12. The Hall–Kier alpha value is -4.28. The van der Waals surface area contributed by atoms with Crippen molar-refractivity contribution in [1.29, 1.82) is 0 Å². The number of nitrogens with two attached hydrogens (primary N) is 1. The molecule has 258 valence electrons. The zero-order chi connectivity index (χ0) is 33.9. The first kappa shape index (κ1) is 35.0. The molecular formula is C38H50N4O6. The molecule has 2 saturated heterocycles. The highest BCUT2D eigenvalue weighted by molar-refractivity contribution is 5.95. The van der Waals surface area contributed by atoms with Gasteiger partial charge < -0.3 is 29.6 Å². The van der Waals surface area contributed by atoms with Crippen LogP contribution in [0.25, 0.3) is 0 Å². The summed E-state index contributed by atoms with van der Waals surface area (Å²) in [4.78, 5) is 31.9. The smallest absolute Gasteiger partial charge is 0.325 e. The number of ether oxygens (including phenoxy) is 4. The van der Waals surface area contributed by atoms with Gasteiger partial charge in [-0.1, -0.05) is 30.3 Å². The molecule has 3 aromatic carbocycles. The third kappa shape index (κ3) is 8.79. The van der Waals surface area contributed by atoms with Gasteiger partial charge in [-0.05, 0) is 92.1 Å². The Morgan fingerprint density at radius 2 is 1.69 bits per heavy atom. The lowest BCUT2D eigenvalue weighted by Crippen LogP contribution is -2.55. The third-order valence-electron chi connectivity index (χ3n) is 9.42. The lowest BCUT2D eigenvalue weighted by Gasteiger charge is -2.37. The Morgan fingerprint density at radius 3 is 2.42 bits per heavy atom. The van der Waals surface area contributed by atoms with Crippen molar-refractivity contribution in [2.75, 3.05) is 71.7 Å². The summed E-state index contributed by atoms with van der Waals surface area (Å²) in [7, 11) is 3.29. The van der Waals surface area contributed by atoms with E-state index in [1.54, 1.807) is 24.0 Å². The number of rotatable bonds is 14. The van der Waals surface area contributed by atoms with E-state index in [-0.39, 0.29) is 11.9 Å². The zero-order valence-corrected chi connectivity index (χ0v) is 28.6. The van der Waals surface area contributed by atoms with Crippen LogP contribution in [0.15, 0.2) is 66.7 Å². The molecule has 0 aromatic heterocycles. The average molecular weight is 659 g/mol. The summed E-state index contributed by atoms with van der Waals surface area (Å²) in [5.41, 5.74) is 9.88. The Kier molecular flexibility index (Phi) is 12.6. The summed E-state index contributed by atoms with van der Waals surface area (Å²) >= 11 is 0. The summed E-state index contributed by atoms with van der Waals surface area (Å²) in [5.74, 6) is 1.80. The van der Waals surface area contributed by atoms with Crippen LogP contribution in [-0.2, 0) is 16.0 Å². The maximum absolute atomic E-state index is 13.9. The fourth-order valence-electron chi connectivity index (χ4n) is 6.76. The second kappa shape index (κ2) is 17.2. The van der Waals surface area contributed by atoms with Gasteiger partial charge in [0.2, 0.25) is 5.91 Å². The van der Waals surface area contributed by atoms with Gasteiger partial charge in [0.25, 0.3) is 0 Å². The van der Waals surface area contributed by atoms with Crippen molar-refractivity contribution in [3.63, 3.8) is 0 Å². The summed E-state index contributed by atoms with van der Waals surface area (Å²) in [6, 6.07) is 21.8. The number of morpholine rings is 1. The van der Waals surface area contributed by atoms with Crippen LogP contribution in [0, 0.1) is 0 Å². The zero-order valence-electron chi connectivity index (χ0n) is 28.6. The molecule has 0 saturated carbocycles. The predicted molar refractivity (Wildman–Crippen MR) is 187 cm³/mol. The maximum atomic E-state index is 13.9. The van der Waals surface area contributed by atoms with Gasteiger partial charge in [0.1, 0.15) is 18.4 Å². The fourth-order valence-corrected chi connectivity index (χ4v) is 6.76. The molecule has 2 heterocycles. The second-order valence-corrected chi connectivity index (χ2v) is 12.4. The number of methoxy groups -OCH3 is 2. The summed E-state index contributed by atoms with van der Waals surface area (Å²) in [6.07, 6.45) is 3.95. The van der Waals surface area contributed by atoms with E-state index in [0.29, 0.717) is 37.6 Å². The maximum Gasteiger partial charge on any atom is 0.325 e. The number of nitrogens with zero attached hydrogens (tertiary/aromatic N) is 3. The van der Waals surface area contributed by atoms with Crippen molar-refractivity contribution < 1.29 is 28.5 Å². The van der Waals surface area contributed by atoms with Crippen molar-refractivity contribution in [2.45, 2.75) is 51.0 Å². The van der Waals surface area contributed by atoms with Crippen LogP contribution in [-0.4, -0.2) is 94.5 Å². The molecule has 0 spiro atoms. The number of carbonyl (C=O) groups excluding carboxylic acids is 2. The Bertz CT molecular complexity index is 1510. The standard InChI is InChI=1S/C38H50N4O6/c1-4-41(38(44)42-18-6-5-13-34(42)37(39)43)31-11-7-9-29(26-31)33(16-14-28-15-17-35(45-2)36(25-28)46-3)30-10-8-12-32(27-30)48-24-21-40-19-22-47-23-20-40/h7-12,15,17,25-27,33-34H,4-6,13-14,16,18-24H2,1-3H3,(H2,39,43)/t33-,34+/m1/s1. The van der Waals surface area contributed by atoms with Gasteiger partial charge in [0.05, 0.1) is 27.4 Å². The summed E-state index contributed by atoms with van der Waals surface area (Å²) in [5, 5.41) is 0. The van der Waals surface area contributed by atoms with E-state index >= 15 is 0 Å².